The molecule has 3 aromatic rings. The predicted octanol–water partition coefficient (Wildman–Crippen LogP) is 3.84. The molecule has 1 fully saturated rings. The second-order valence-corrected chi connectivity index (χ2v) is 10.0. The predicted molar refractivity (Wildman–Crippen MR) is 158 cm³/mol. The highest BCUT2D eigenvalue weighted by molar-refractivity contribution is 5.99. The van der Waals surface area contributed by atoms with Crippen molar-refractivity contribution in [2.24, 2.45) is 0 Å². The molecule has 6 N–H and O–H groups in total. The minimum absolute atomic E-state index is 0.126. The number of para-hydroxylation sites is 1. The van der Waals surface area contributed by atoms with Crippen LogP contribution in [0.1, 0.15) is 53.7 Å². The van der Waals surface area contributed by atoms with Crippen molar-refractivity contribution in [3.05, 3.63) is 77.6 Å². The van der Waals surface area contributed by atoms with E-state index in [1.165, 1.54) is 19.3 Å². The van der Waals surface area contributed by atoms with E-state index in [1.807, 2.05) is 48.5 Å². The molecule has 1 aliphatic rings. The number of nitrogens with zero attached hydrogens (tertiary/aromatic N) is 3. The molecule has 3 amide bonds. The maximum atomic E-state index is 13.1. The Balaban J connectivity index is 1.25. The molecule has 0 radical (unpaired) electrons. The summed E-state index contributed by atoms with van der Waals surface area (Å²) in [5.41, 5.74) is 8.76. The number of urea groups is 1. The Morgan fingerprint density at radius 2 is 1.70 bits per heavy atom. The summed E-state index contributed by atoms with van der Waals surface area (Å²) >= 11 is 0. The van der Waals surface area contributed by atoms with E-state index in [0.717, 1.165) is 55.8 Å². The van der Waals surface area contributed by atoms with Gasteiger partial charge in [0.2, 0.25) is 0 Å². The standard InChI is InChI=1S/C30H40N8O2/c31-27-15-12-23(21-34-27)22-35-30(40)33-16-6-5-11-25-13-14-26(28(37-25)36-24-9-3-1-4-10-24)29(39)32-17-20-38-18-7-2-8-19-38/h1,3-4,9-10,12-15,21H,2,5-8,11,16-20,22H2,(H2,31,34)(H,32,39)(H,36,37)(H2,33,35,40). The van der Waals surface area contributed by atoms with Crippen molar-refractivity contribution in [1.82, 2.24) is 30.8 Å². The quantitative estimate of drug-likeness (QED) is 0.206. The second kappa shape index (κ2) is 15.4. The fourth-order valence-corrected chi connectivity index (χ4v) is 4.60. The molecule has 212 valence electrons. The number of nitrogens with one attached hydrogen (secondary N) is 4. The number of aromatic nitrogens is 2. The molecule has 1 saturated heterocycles. The van der Waals surface area contributed by atoms with E-state index in [0.29, 0.717) is 36.8 Å². The first-order chi connectivity index (χ1) is 19.6. The Bertz CT molecular complexity index is 1210. The number of benzene rings is 1. The molecule has 3 heterocycles. The summed E-state index contributed by atoms with van der Waals surface area (Å²) in [5, 5.41) is 12.1. The van der Waals surface area contributed by atoms with Crippen LogP contribution < -0.4 is 27.0 Å². The first-order valence-electron chi connectivity index (χ1n) is 14.1. The van der Waals surface area contributed by atoms with Crippen LogP contribution in [-0.4, -0.2) is 59.5 Å². The molecule has 1 aromatic carbocycles. The van der Waals surface area contributed by atoms with Gasteiger partial charge in [0.1, 0.15) is 11.6 Å². The highest BCUT2D eigenvalue weighted by atomic mass is 16.2. The average molecular weight is 545 g/mol. The number of pyridine rings is 2. The van der Waals surface area contributed by atoms with Crippen LogP contribution in [0.15, 0.2) is 60.8 Å². The minimum Gasteiger partial charge on any atom is -0.384 e. The molecule has 0 atom stereocenters. The zero-order chi connectivity index (χ0) is 28.0. The number of hydrogen-bond acceptors (Lipinski definition) is 7. The van der Waals surface area contributed by atoms with Crippen molar-refractivity contribution >= 4 is 29.3 Å². The van der Waals surface area contributed by atoms with E-state index in [4.69, 9.17) is 10.7 Å². The smallest absolute Gasteiger partial charge is 0.315 e. The number of nitrogen functional groups attached to an aromatic ring is 1. The Kier molecular flexibility index (Phi) is 11.1. The molecule has 10 heteroatoms. The normalized spacial score (nSPS) is 13.4. The summed E-state index contributed by atoms with van der Waals surface area (Å²) in [5.74, 6) is 0.875. The molecule has 0 aliphatic carbocycles. The van der Waals surface area contributed by atoms with Crippen LogP contribution in [0.5, 0.6) is 0 Å². The van der Waals surface area contributed by atoms with E-state index in [-0.39, 0.29) is 11.9 Å². The van der Waals surface area contributed by atoms with Crippen LogP contribution in [-0.2, 0) is 13.0 Å². The number of anilines is 3. The molecule has 2 aromatic heterocycles. The van der Waals surface area contributed by atoms with Gasteiger partial charge in [0.05, 0.1) is 5.56 Å². The van der Waals surface area contributed by atoms with Gasteiger partial charge >= 0.3 is 6.03 Å². The van der Waals surface area contributed by atoms with Crippen molar-refractivity contribution in [3.63, 3.8) is 0 Å². The topological polar surface area (TPSA) is 137 Å². The van der Waals surface area contributed by atoms with Crippen LogP contribution >= 0.6 is 0 Å². The highest BCUT2D eigenvalue weighted by Gasteiger charge is 2.15. The highest BCUT2D eigenvalue weighted by Crippen LogP contribution is 2.20. The van der Waals surface area contributed by atoms with Crippen LogP contribution in [0, 0.1) is 0 Å². The maximum Gasteiger partial charge on any atom is 0.315 e. The Morgan fingerprint density at radius 1 is 0.875 bits per heavy atom. The number of amides is 3. The van der Waals surface area contributed by atoms with Gasteiger partial charge in [-0.1, -0.05) is 30.7 Å². The fourth-order valence-electron chi connectivity index (χ4n) is 4.60. The number of hydrogen-bond donors (Lipinski definition) is 5. The number of aryl methyl sites for hydroxylation is 1. The van der Waals surface area contributed by atoms with Crippen molar-refractivity contribution < 1.29 is 9.59 Å². The van der Waals surface area contributed by atoms with Gasteiger partial charge in [0, 0.05) is 43.8 Å². The largest absolute Gasteiger partial charge is 0.384 e. The van der Waals surface area contributed by atoms with Crippen molar-refractivity contribution in [1.29, 1.82) is 0 Å². The zero-order valence-corrected chi connectivity index (χ0v) is 23.0. The zero-order valence-electron chi connectivity index (χ0n) is 23.0. The van der Waals surface area contributed by atoms with Crippen LogP contribution in [0.4, 0.5) is 22.1 Å². The van der Waals surface area contributed by atoms with E-state index in [2.05, 4.69) is 31.2 Å². The third-order valence-electron chi connectivity index (χ3n) is 6.84. The number of rotatable bonds is 13. The molecule has 4 rings (SSSR count). The number of carbonyl (C=O) groups is 2. The van der Waals surface area contributed by atoms with E-state index < -0.39 is 0 Å². The lowest BCUT2D eigenvalue weighted by atomic mass is 10.1. The van der Waals surface area contributed by atoms with Gasteiger partial charge in [-0.25, -0.2) is 14.8 Å². The van der Waals surface area contributed by atoms with Crippen LogP contribution in [0.3, 0.4) is 0 Å². The Hall–Kier alpha value is -4.18. The molecule has 1 aliphatic heterocycles. The minimum atomic E-state index is -0.222. The van der Waals surface area contributed by atoms with Gasteiger partial charge in [-0.3, -0.25) is 4.79 Å². The van der Waals surface area contributed by atoms with Crippen molar-refractivity contribution in [2.75, 3.05) is 43.8 Å². The number of unbranched alkanes of at least 4 members (excludes halogenated alkanes) is 1. The van der Waals surface area contributed by atoms with Gasteiger partial charge < -0.3 is 31.9 Å². The summed E-state index contributed by atoms with van der Waals surface area (Å²) in [4.78, 5) is 36.4. The number of carbonyl (C=O) groups excluding carboxylic acids is 2. The average Bonchev–Trinajstić information content (AvgIpc) is 2.98. The Labute approximate surface area is 236 Å². The number of likely N-dealkylation sites (tertiary alicyclic amines) is 1. The van der Waals surface area contributed by atoms with Crippen molar-refractivity contribution in [3.8, 4) is 0 Å². The monoisotopic (exact) mass is 544 g/mol. The second-order valence-electron chi connectivity index (χ2n) is 10.0. The third-order valence-corrected chi connectivity index (χ3v) is 6.84. The summed E-state index contributed by atoms with van der Waals surface area (Å²) in [6.07, 6.45) is 7.80. The van der Waals surface area contributed by atoms with E-state index in [9.17, 15) is 9.59 Å². The first kappa shape index (κ1) is 28.8. The van der Waals surface area contributed by atoms with Crippen LogP contribution in [0.2, 0.25) is 0 Å². The lowest BCUT2D eigenvalue weighted by Crippen LogP contribution is -2.37. The molecule has 0 unspecified atom stereocenters. The Morgan fingerprint density at radius 3 is 2.48 bits per heavy atom. The molecule has 0 saturated carbocycles. The fraction of sp³-hybridized carbons (Fsp3) is 0.400. The molecule has 40 heavy (non-hydrogen) atoms. The number of piperidine rings is 1. The van der Waals surface area contributed by atoms with Gasteiger partial charge in [-0.2, -0.15) is 0 Å². The van der Waals surface area contributed by atoms with Gasteiger partial charge in [-0.15, -0.1) is 0 Å². The summed E-state index contributed by atoms with van der Waals surface area (Å²) in [6.45, 7) is 4.63. The lowest BCUT2D eigenvalue weighted by Gasteiger charge is -2.26. The summed E-state index contributed by atoms with van der Waals surface area (Å²) < 4.78 is 0. The van der Waals surface area contributed by atoms with E-state index >= 15 is 0 Å². The molecular formula is C30H40N8O2. The van der Waals surface area contributed by atoms with Crippen molar-refractivity contribution in [2.45, 2.75) is 45.1 Å². The lowest BCUT2D eigenvalue weighted by molar-refractivity contribution is 0.0947. The third kappa shape index (κ3) is 9.53. The summed E-state index contributed by atoms with van der Waals surface area (Å²) in [7, 11) is 0. The first-order valence-corrected chi connectivity index (χ1v) is 14.1. The maximum absolute atomic E-state index is 13.1. The van der Waals surface area contributed by atoms with E-state index in [1.54, 1.807) is 12.3 Å². The molecule has 0 bridgehead atoms. The summed E-state index contributed by atoms with van der Waals surface area (Å²) in [6, 6.07) is 16.8. The molecule has 10 nitrogen and oxygen atoms in total. The molecular weight excluding hydrogens is 504 g/mol. The SMILES string of the molecule is Nc1ccc(CNC(=O)NCCCCc2ccc(C(=O)NCCN3CCCCC3)c(Nc3ccccc3)n2)cn1. The van der Waals surface area contributed by atoms with Gasteiger partial charge in [0.25, 0.3) is 5.91 Å². The number of nitrogens with two attached hydrogens (primary N) is 1. The van der Waals surface area contributed by atoms with Gasteiger partial charge in [0.15, 0.2) is 0 Å². The van der Waals surface area contributed by atoms with Crippen LogP contribution in [0.25, 0.3) is 0 Å². The molecule has 0 spiro atoms. The van der Waals surface area contributed by atoms with Gasteiger partial charge in [-0.05, 0) is 81.1 Å².